The van der Waals surface area contributed by atoms with E-state index in [2.05, 4.69) is 5.32 Å². The molecule has 1 aromatic rings. The number of aliphatic hydroxyl groups excluding tert-OH is 1. The van der Waals surface area contributed by atoms with Crippen LogP contribution in [0.2, 0.25) is 0 Å². The first-order valence-electron chi connectivity index (χ1n) is 6.32. The third-order valence-corrected chi connectivity index (χ3v) is 3.35. The van der Waals surface area contributed by atoms with E-state index in [0.29, 0.717) is 6.04 Å². The summed E-state index contributed by atoms with van der Waals surface area (Å²) in [5.74, 6) is 0. The molecule has 2 N–H and O–H groups in total. The second kappa shape index (κ2) is 6.02. The molecule has 0 unspecified atom stereocenters. The molecule has 0 aromatic heterocycles. The average Bonchev–Trinajstić information content (AvgIpc) is 2.59. The maximum atomic E-state index is 10.1. The Morgan fingerprint density at radius 1 is 1.19 bits per heavy atom. The minimum absolute atomic E-state index is 0.322. The lowest BCUT2D eigenvalue weighted by Crippen LogP contribution is -2.29. The molecule has 88 valence electrons. The van der Waals surface area contributed by atoms with Crippen LogP contribution < -0.4 is 5.32 Å². The standard InChI is InChI=1S/C14H21NO/c16-14(12-7-3-1-4-8-12)11-13-9-5-2-6-10-15-13/h1,3-4,7-8,13-16H,2,5-6,9-11H2/t13-,14-/m1/s1. The molecule has 16 heavy (non-hydrogen) atoms. The zero-order valence-electron chi connectivity index (χ0n) is 9.73. The highest BCUT2D eigenvalue weighted by molar-refractivity contribution is 5.17. The van der Waals surface area contributed by atoms with Crippen molar-refractivity contribution in [1.82, 2.24) is 5.32 Å². The topological polar surface area (TPSA) is 32.3 Å². The molecule has 1 aliphatic rings. The molecule has 1 fully saturated rings. The first-order chi connectivity index (χ1) is 7.86. The fraction of sp³-hybridized carbons (Fsp3) is 0.571. The van der Waals surface area contributed by atoms with Crippen molar-refractivity contribution in [3.63, 3.8) is 0 Å². The van der Waals surface area contributed by atoms with E-state index in [0.717, 1.165) is 18.5 Å². The van der Waals surface area contributed by atoms with Crippen LogP contribution in [0.5, 0.6) is 0 Å². The Morgan fingerprint density at radius 3 is 2.81 bits per heavy atom. The van der Waals surface area contributed by atoms with E-state index in [1.165, 1.54) is 25.7 Å². The predicted molar refractivity (Wildman–Crippen MR) is 66.3 cm³/mol. The quantitative estimate of drug-likeness (QED) is 0.819. The molecule has 0 radical (unpaired) electrons. The molecule has 0 spiro atoms. The third kappa shape index (κ3) is 3.32. The van der Waals surface area contributed by atoms with Crippen LogP contribution in [0.4, 0.5) is 0 Å². The van der Waals surface area contributed by atoms with Crippen molar-refractivity contribution < 1.29 is 5.11 Å². The van der Waals surface area contributed by atoms with E-state index in [1.54, 1.807) is 0 Å². The number of hydrogen-bond acceptors (Lipinski definition) is 2. The first-order valence-corrected chi connectivity index (χ1v) is 6.32. The second-order valence-corrected chi connectivity index (χ2v) is 4.66. The van der Waals surface area contributed by atoms with Crippen LogP contribution in [0.1, 0.15) is 43.8 Å². The molecule has 0 saturated carbocycles. The van der Waals surface area contributed by atoms with Crippen molar-refractivity contribution in [3.05, 3.63) is 35.9 Å². The molecule has 2 nitrogen and oxygen atoms in total. The van der Waals surface area contributed by atoms with Crippen molar-refractivity contribution in [1.29, 1.82) is 0 Å². The van der Waals surface area contributed by atoms with E-state index < -0.39 is 0 Å². The minimum Gasteiger partial charge on any atom is -0.388 e. The fourth-order valence-corrected chi connectivity index (χ4v) is 2.38. The molecular weight excluding hydrogens is 198 g/mol. The van der Waals surface area contributed by atoms with Gasteiger partial charge < -0.3 is 10.4 Å². The van der Waals surface area contributed by atoms with Gasteiger partial charge in [0.1, 0.15) is 0 Å². The molecule has 1 saturated heterocycles. The Hall–Kier alpha value is -0.860. The van der Waals surface area contributed by atoms with Crippen molar-refractivity contribution in [2.45, 2.75) is 44.2 Å². The van der Waals surface area contributed by atoms with Gasteiger partial charge in [-0.25, -0.2) is 0 Å². The van der Waals surface area contributed by atoms with Gasteiger partial charge >= 0.3 is 0 Å². The SMILES string of the molecule is O[C@H](C[C@H]1CCCCCN1)c1ccccc1. The summed E-state index contributed by atoms with van der Waals surface area (Å²) in [5.41, 5.74) is 1.04. The third-order valence-electron chi connectivity index (χ3n) is 3.35. The monoisotopic (exact) mass is 219 g/mol. The lowest BCUT2D eigenvalue weighted by molar-refractivity contribution is 0.150. The molecule has 0 amide bonds. The number of nitrogens with one attached hydrogen (secondary N) is 1. The van der Waals surface area contributed by atoms with Gasteiger partial charge in [-0.15, -0.1) is 0 Å². The van der Waals surface area contributed by atoms with Crippen molar-refractivity contribution in [2.75, 3.05) is 6.54 Å². The minimum atomic E-state index is -0.322. The lowest BCUT2D eigenvalue weighted by atomic mass is 9.99. The van der Waals surface area contributed by atoms with E-state index >= 15 is 0 Å². The van der Waals surface area contributed by atoms with Crippen LogP contribution in [-0.4, -0.2) is 17.7 Å². The highest BCUT2D eigenvalue weighted by Gasteiger charge is 2.16. The van der Waals surface area contributed by atoms with Gasteiger partial charge in [0.15, 0.2) is 0 Å². The average molecular weight is 219 g/mol. The summed E-state index contributed by atoms with van der Waals surface area (Å²) in [7, 11) is 0. The van der Waals surface area contributed by atoms with Crippen molar-refractivity contribution in [3.8, 4) is 0 Å². The molecule has 2 heteroatoms. The van der Waals surface area contributed by atoms with Crippen LogP contribution in [-0.2, 0) is 0 Å². The highest BCUT2D eigenvalue weighted by Crippen LogP contribution is 2.21. The molecular formula is C14H21NO. The molecule has 1 aromatic carbocycles. The summed E-state index contributed by atoms with van der Waals surface area (Å²) in [6.45, 7) is 1.10. The van der Waals surface area contributed by atoms with E-state index in [4.69, 9.17) is 0 Å². The van der Waals surface area contributed by atoms with E-state index in [1.807, 2.05) is 30.3 Å². The van der Waals surface area contributed by atoms with Crippen LogP contribution in [0.15, 0.2) is 30.3 Å². The zero-order valence-corrected chi connectivity index (χ0v) is 9.73. The van der Waals surface area contributed by atoms with Gasteiger partial charge in [-0.1, -0.05) is 43.2 Å². The van der Waals surface area contributed by atoms with E-state index in [9.17, 15) is 5.11 Å². The fourth-order valence-electron chi connectivity index (χ4n) is 2.38. The number of aliphatic hydroxyl groups is 1. The van der Waals surface area contributed by atoms with Gasteiger partial charge in [0.25, 0.3) is 0 Å². The molecule has 2 atom stereocenters. The summed E-state index contributed by atoms with van der Waals surface area (Å²) >= 11 is 0. The smallest absolute Gasteiger partial charge is 0.0804 e. The second-order valence-electron chi connectivity index (χ2n) is 4.66. The Bertz CT molecular complexity index is 291. The van der Waals surface area contributed by atoms with Crippen LogP contribution in [0.25, 0.3) is 0 Å². The van der Waals surface area contributed by atoms with Crippen LogP contribution in [0.3, 0.4) is 0 Å². The van der Waals surface area contributed by atoms with Gasteiger partial charge in [-0.05, 0) is 31.4 Å². The van der Waals surface area contributed by atoms with Gasteiger partial charge in [0, 0.05) is 6.04 Å². The summed E-state index contributed by atoms with van der Waals surface area (Å²) < 4.78 is 0. The Balaban J connectivity index is 1.88. The zero-order chi connectivity index (χ0) is 11.2. The predicted octanol–water partition coefficient (Wildman–Crippen LogP) is 2.64. The van der Waals surface area contributed by atoms with Crippen molar-refractivity contribution >= 4 is 0 Å². The van der Waals surface area contributed by atoms with Gasteiger partial charge in [-0.3, -0.25) is 0 Å². The normalized spacial score (nSPS) is 23.7. The Labute approximate surface area is 97.7 Å². The van der Waals surface area contributed by atoms with Crippen LogP contribution in [0, 0.1) is 0 Å². The van der Waals surface area contributed by atoms with Gasteiger partial charge in [-0.2, -0.15) is 0 Å². The summed E-state index contributed by atoms with van der Waals surface area (Å²) in [5, 5.41) is 13.6. The summed E-state index contributed by atoms with van der Waals surface area (Å²) in [4.78, 5) is 0. The Kier molecular flexibility index (Phi) is 4.37. The summed E-state index contributed by atoms with van der Waals surface area (Å²) in [6, 6.07) is 10.4. The maximum absolute atomic E-state index is 10.1. The number of rotatable bonds is 3. The Morgan fingerprint density at radius 2 is 2.00 bits per heavy atom. The number of hydrogen-bond donors (Lipinski definition) is 2. The molecule has 1 heterocycles. The largest absolute Gasteiger partial charge is 0.388 e. The summed E-state index contributed by atoms with van der Waals surface area (Å²) in [6.07, 6.45) is 5.60. The van der Waals surface area contributed by atoms with Gasteiger partial charge in [0.2, 0.25) is 0 Å². The lowest BCUT2D eigenvalue weighted by Gasteiger charge is -2.19. The number of benzene rings is 1. The first kappa shape index (κ1) is 11.6. The van der Waals surface area contributed by atoms with Crippen LogP contribution >= 0.6 is 0 Å². The van der Waals surface area contributed by atoms with E-state index in [-0.39, 0.29) is 6.10 Å². The van der Waals surface area contributed by atoms with Crippen molar-refractivity contribution in [2.24, 2.45) is 0 Å². The highest BCUT2D eigenvalue weighted by atomic mass is 16.3. The maximum Gasteiger partial charge on any atom is 0.0804 e. The van der Waals surface area contributed by atoms with Gasteiger partial charge in [0.05, 0.1) is 6.10 Å². The molecule has 1 aliphatic heterocycles. The molecule has 2 rings (SSSR count). The molecule has 0 aliphatic carbocycles. The molecule has 0 bridgehead atoms.